The summed E-state index contributed by atoms with van der Waals surface area (Å²) in [4.78, 5) is 23.9. The van der Waals surface area contributed by atoms with Gasteiger partial charge in [-0.25, -0.2) is 4.79 Å². The molecule has 4 nitrogen and oxygen atoms in total. The van der Waals surface area contributed by atoms with Crippen molar-refractivity contribution in [3.05, 3.63) is 70.8 Å². The monoisotopic (exact) mass is 307 g/mol. The number of carbonyl (C=O) groups is 2. The van der Waals surface area contributed by atoms with Crippen molar-refractivity contribution in [1.29, 1.82) is 5.26 Å². The van der Waals surface area contributed by atoms with Crippen LogP contribution in [0.25, 0.3) is 0 Å². The number of nitrogens with zero attached hydrogens (tertiary/aromatic N) is 1. The summed E-state index contributed by atoms with van der Waals surface area (Å²) in [5.41, 5.74) is 2.32. The van der Waals surface area contributed by atoms with Crippen LogP contribution in [-0.2, 0) is 11.2 Å². The molecule has 0 saturated heterocycles. The third kappa shape index (κ3) is 4.52. The van der Waals surface area contributed by atoms with Crippen molar-refractivity contribution >= 4 is 11.8 Å². The van der Waals surface area contributed by atoms with E-state index in [9.17, 15) is 9.59 Å². The van der Waals surface area contributed by atoms with Crippen LogP contribution in [0.15, 0.2) is 48.5 Å². The fourth-order valence-electron chi connectivity index (χ4n) is 2.16. The molecule has 0 fully saturated rings. The molecule has 0 bridgehead atoms. The highest BCUT2D eigenvalue weighted by atomic mass is 16.5. The van der Waals surface area contributed by atoms with Crippen LogP contribution in [0, 0.1) is 11.3 Å². The topological polar surface area (TPSA) is 67.2 Å². The molecule has 0 N–H and O–H groups in total. The summed E-state index contributed by atoms with van der Waals surface area (Å²) < 4.78 is 5.02. The Morgan fingerprint density at radius 3 is 2.48 bits per heavy atom. The van der Waals surface area contributed by atoms with Crippen molar-refractivity contribution in [3.8, 4) is 6.07 Å². The van der Waals surface area contributed by atoms with Crippen molar-refractivity contribution < 1.29 is 14.3 Å². The number of benzene rings is 2. The van der Waals surface area contributed by atoms with Gasteiger partial charge in [-0.2, -0.15) is 5.26 Å². The van der Waals surface area contributed by atoms with E-state index in [-0.39, 0.29) is 18.0 Å². The predicted molar refractivity (Wildman–Crippen MR) is 86.2 cm³/mol. The molecular weight excluding hydrogens is 290 g/mol. The Bertz CT molecular complexity index is 742. The molecule has 2 aromatic carbocycles. The standard InChI is InChI=1S/C19H17NO3/c1-2-4-14-7-9-16(10-8-14)18(21)13-23-19(22)17-6-3-5-15(11-17)12-20/h3,5-11H,2,4,13H2,1H3. The molecule has 116 valence electrons. The third-order valence-corrected chi connectivity index (χ3v) is 3.38. The molecule has 0 unspecified atom stereocenters. The quantitative estimate of drug-likeness (QED) is 0.604. The number of rotatable bonds is 6. The molecule has 0 atom stereocenters. The van der Waals surface area contributed by atoms with E-state index in [4.69, 9.17) is 10.00 Å². The second-order valence-electron chi connectivity index (χ2n) is 5.14. The van der Waals surface area contributed by atoms with Crippen LogP contribution in [-0.4, -0.2) is 18.4 Å². The average molecular weight is 307 g/mol. The molecule has 2 rings (SSSR count). The first-order chi connectivity index (χ1) is 11.1. The van der Waals surface area contributed by atoms with Crippen LogP contribution in [0.1, 0.15) is 45.2 Å². The Balaban J connectivity index is 1.95. The first-order valence-corrected chi connectivity index (χ1v) is 7.43. The lowest BCUT2D eigenvalue weighted by Crippen LogP contribution is -2.14. The van der Waals surface area contributed by atoms with Gasteiger partial charge in [0.1, 0.15) is 0 Å². The summed E-state index contributed by atoms with van der Waals surface area (Å²) in [6, 6.07) is 15.5. The highest BCUT2D eigenvalue weighted by molar-refractivity contribution is 5.99. The SMILES string of the molecule is CCCc1ccc(C(=O)COC(=O)c2cccc(C#N)c2)cc1. The molecule has 0 spiro atoms. The van der Waals surface area contributed by atoms with Gasteiger partial charge in [-0.15, -0.1) is 0 Å². The fourth-order valence-corrected chi connectivity index (χ4v) is 2.16. The minimum absolute atomic E-state index is 0.252. The van der Waals surface area contributed by atoms with Gasteiger partial charge in [0.25, 0.3) is 0 Å². The number of ketones is 1. The van der Waals surface area contributed by atoms with Crippen molar-refractivity contribution in [3.63, 3.8) is 0 Å². The first kappa shape index (κ1) is 16.4. The second-order valence-corrected chi connectivity index (χ2v) is 5.14. The van der Waals surface area contributed by atoms with Gasteiger partial charge in [0.05, 0.1) is 17.2 Å². The highest BCUT2D eigenvalue weighted by Gasteiger charge is 2.12. The maximum Gasteiger partial charge on any atom is 0.338 e. The molecule has 0 aliphatic rings. The van der Waals surface area contributed by atoms with E-state index >= 15 is 0 Å². The Kier molecular flexibility index (Phi) is 5.65. The van der Waals surface area contributed by atoms with Crippen molar-refractivity contribution in [2.24, 2.45) is 0 Å². The minimum atomic E-state index is -0.613. The van der Waals surface area contributed by atoms with E-state index in [0.29, 0.717) is 11.1 Å². The van der Waals surface area contributed by atoms with Gasteiger partial charge in [0.15, 0.2) is 12.4 Å². The molecule has 0 aliphatic heterocycles. The van der Waals surface area contributed by atoms with E-state index in [1.54, 1.807) is 30.3 Å². The second kappa shape index (κ2) is 7.90. The van der Waals surface area contributed by atoms with E-state index < -0.39 is 5.97 Å². The number of hydrogen-bond acceptors (Lipinski definition) is 4. The third-order valence-electron chi connectivity index (χ3n) is 3.38. The summed E-state index contributed by atoms with van der Waals surface area (Å²) in [5, 5.41) is 8.81. The Hall–Kier alpha value is -2.93. The molecule has 4 heteroatoms. The summed E-state index contributed by atoms with van der Waals surface area (Å²) in [6.07, 6.45) is 2.02. The predicted octanol–water partition coefficient (Wildman–Crippen LogP) is 3.55. The highest BCUT2D eigenvalue weighted by Crippen LogP contribution is 2.09. The molecule has 0 amide bonds. The maximum atomic E-state index is 12.0. The van der Waals surface area contributed by atoms with Crippen LogP contribution in [0.5, 0.6) is 0 Å². The smallest absolute Gasteiger partial charge is 0.338 e. The lowest BCUT2D eigenvalue weighted by Gasteiger charge is -2.05. The summed E-state index contributed by atoms with van der Waals surface area (Å²) >= 11 is 0. The van der Waals surface area contributed by atoms with Crippen LogP contribution in [0.2, 0.25) is 0 Å². The van der Waals surface area contributed by atoms with Crippen LogP contribution in [0.3, 0.4) is 0 Å². The van der Waals surface area contributed by atoms with E-state index in [1.165, 1.54) is 11.6 Å². The lowest BCUT2D eigenvalue weighted by molar-refractivity contribution is 0.0474. The van der Waals surface area contributed by atoms with Crippen molar-refractivity contribution in [1.82, 2.24) is 0 Å². The first-order valence-electron chi connectivity index (χ1n) is 7.43. The minimum Gasteiger partial charge on any atom is -0.454 e. The number of hydrogen-bond donors (Lipinski definition) is 0. The van der Waals surface area contributed by atoms with Gasteiger partial charge in [-0.1, -0.05) is 43.7 Å². The summed E-state index contributed by atoms with van der Waals surface area (Å²) in [5.74, 6) is -0.865. The van der Waals surface area contributed by atoms with Gasteiger partial charge in [0, 0.05) is 5.56 Å². The number of aryl methyl sites for hydroxylation is 1. The van der Waals surface area contributed by atoms with Crippen molar-refractivity contribution in [2.45, 2.75) is 19.8 Å². The van der Waals surface area contributed by atoms with Gasteiger partial charge < -0.3 is 4.74 Å². The molecule has 0 aliphatic carbocycles. The zero-order valence-electron chi connectivity index (χ0n) is 12.9. The van der Waals surface area contributed by atoms with Crippen molar-refractivity contribution in [2.75, 3.05) is 6.61 Å². The Morgan fingerprint density at radius 1 is 1.09 bits per heavy atom. The largest absolute Gasteiger partial charge is 0.454 e. The maximum absolute atomic E-state index is 12.0. The van der Waals surface area contributed by atoms with Crippen LogP contribution < -0.4 is 0 Å². The van der Waals surface area contributed by atoms with E-state index in [2.05, 4.69) is 6.92 Å². The number of esters is 1. The average Bonchev–Trinajstić information content (AvgIpc) is 2.60. The molecule has 2 aromatic rings. The Morgan fingerprint density at radius 2 is 1.83 bits per heavy atom. The van der Waals surface area contributed by atoms with Gasteiger partial charge in [-0.3, -0.25) is 4.79 Å². The molecule has 0 heterocycles. The van der Waals surface area contributed by atoms with Gasteiger partial charge in [-0.05, 0) is 30.2 Å². The van der Waals surface area contributed by atoms with Gasteiger partial charge in [0.2, 0.25) is 0 Å². The lowest BCUT2D eigenvalue weighted by atomic mass is 10.1. The number of carbonyl (C=O) groups excluding carboxylic acids is 2. The fraction of sp³-hybridized carbons (Fsp3) is 0.211. The molecule has 0 radical (unpaired) electrons. The van der Waals surface area contributed by atoms with Crippen LogP contribution in [0.4, 0.5) is 0 Å². The van der Waals surface area contributed by atoms with E-state index in [1.807, 2.05) is 18.2 Å². The zero-order valence-corrected chi connectivity index (χ0v) is 12.9. The van der Waals surface area contributed by atoms with E-state index in [0.717, 1.165) is 12.8 Å². The molecule has 23 heavy (non-hydrogen) atoms. The zero-order chi connectivity index (χ0) is 16.7. The normalized spacial score (nSPS) is 9.91. The molecule has 0 aromatic heterocycles. The number of Topliss-reactive ketones (excluding diaryl/α,β-unsaturated/α-hetero) is 1. The van der Waals surface area contributed by atoms with Gasteiger partial charge >= 0.3 is 5.97 Å². The number of ether oxygens (including phenoxy) is 1. The molecule has 0 saturated carbocycles. The summed E-state index contributed by atoms with van der Waals surface area (Å²) in [6.45, 7) is 1.78. The Labute approximate surface area is 135 Å². The summed E-state index contributed by atoms with van der Waals surface area (Å²) in [7, 11) is 0. The number of nitriles is 1. The van der Waals surface area contributed by atoms with Crippen LogP contribution >= 0.6 is 0 Å². The molecular formula is C19H17NO3.